The number of carbonyl (C=O) groups excluding carboxylic acids is 2. The predicted molar refractivity (Wildman–Crippen MR) is 150 cm³/mol. The molecule has 5 rings (SSSR count). The van der Waals surface area contributed by atoms with Crippen LogP contribution in [0.4, 0.5) is 10.6 Å². The van der Waals surface area contributed by atoms with Gasteiger partial charge in [0, 0.05) is 57.9 Å². The number of pyridine rings is 1. The Hall–Kier alpha value is -4.17. The molecular weight excluding hydrogens is 532 g/mol. The number of nitrogens with zero attached hydrogens (tertiary/aromatic N) is 6. The molecule has 0 aliphatic heterocycles. The van der Waals surface area contributed by atoms with Gasteiger partial charge < -0.3 is 33.9 Å². The lowest BCUT2D eigenvalue weighted by Gasteiger charge is -2.23. The molecule has 2 saturated carbocycles. The van der Waals surface area contributed by atoms with Crippen molar-refractivity contribution < 1.29 is 29.0 Å². The summed E-state index contributed by atoms with van der Waals surface area (Å²) >= 11 is 0. The molecule has 0 atom stereocenters. The predicted octanol–water partition coefficient (Wildman–Crippen LogP) is 2.66. The number of fused-ring (bicyclic) bond motifs is 3. The van der Waals surface area contributed by atoms with Crippen LogP contribution in [0.3, 0.4) is 0 Å². The van der Waals surface area contributed by atoms with Crippen LogP contribution in [0.5, 0.6) is 0 Å². The zero-order valence-corrected chi connectivity index (χ0v) is 23.9. The summed E-state index contributed by atoms with van der Waals surface area (Å²) < 4.78 is 13.9. The first kappa shape index (κ1) is 28.4. The van der Waals surface area contributed by atoms with E-state index in [4.69, 9.17) is 14.5 Å². The maximum Gasteiger partial charge on any atom is 0.426 e. The number of hydrogen-bond donors (Lipinski definition) is 3. The number of imidazole rings is 1. The minimum absolute atomic E-state index is 0.0118. The third kappa shape index (κ3) is 5.44. The van der Waals surface area contributed by atoms with Gasteiger partial charge in [-0.05, 0) is 45.6 Å². The smallest absolute Gasteiger partial charge is 0.426 e. The Morgan fingerprint density at radius 1 is 1.17 bits per heavy atom. The topological polar surface area (TPSA) is 156 Å². The molecule has 0 radical (unpaired) electrons. The average Bonchev–Trinajstić information content (AvgIpc) is 3.88. The molecule has 2 aliphatic rings. The molecule has 2 fully saturated rings. The van der Waals surface area contributed by atoms with Gasteiger partial charge >= 0.3 is 6.09 Å². The van der Waals surface area contributed by atoms with Crippen LogP contribution in [-0.4, -0.2) is 91.0 Å². The lowest BCUT2D eigenvalue weighted by atomic mass is 10.2. The normalized spacial score (nSPS) is 15.5. The summed E-state index contributed by atoms with van der Waals surface area (Å²) in [7, 11) is 4.51. The van der Waals surface area contributed by atoms with E-state index in [1.54, 1.807) is 13.3 Å². The molecule has 2 amide bonds. The number of nitrogens with one attached hydrogen (secondary N) is 2. The van der Waals surface area contributed by atoms with Crippen molar-refractivity contribution >= 4 is 45.7 Å². The Morgan fingerprint density at radius 3 is 2.37 bits per heavy atom. The van der Waals surface area contributed by atoms with E-state index in [1.165, 1.54) is 14.2 Å². The molecule has 0 bridgehead atoms. The zero-order valence-electron chi connectivity index (χ0n) is 23.9. The highest BCUT2D eigenvalue weighted by atomic mass is 16.7. The first-order valence-electron chi connectivity index (χ1n) is 13.7. The highest BCUT2D eigenvalue weighted by Crippen LogP contribution is 2.39. The SMILES string of the molecule is CCN(NC(=CC(=O)C(OC)OC)Nc1nc2c(cc(C(=O)N(C3CC3)C3CC3)n2CC)c2c1ncn2C)C(=O)O. The van der Waals surface area contributed by atoms with E-state index >= 15 is 0 Å². The molecule has 220 valence electrons. The van der Waals surface area contributed by atoms with Gasteiger partial charge in [0.1, 0.15) is 22.7 Å². The molecule has 2 aliphatic carbocycles. The van der Waals surface area contributed by atoms with Gasteiger partial charge in [-0.25, -0.2) is 19.8 Å². The summed E-state index contributed by atoms with van der Waals surface area (Å²) in [4.78, 5) is 49.9. The van der Waals surface area contributed by atoms with Crippen LogP contribution >= 0.6 is 0 Å². The van der Waals surface area contributed by atoms with Crippen LogP contribution in [0, 0.1) is 0 Å². The van der Waals surface area contributed by atoms with Gasteiger partial charge in [0.2, 0.25) is 12.1 Å². The van der Waals surface area contributed by atoms with Gasteiger partial charge in [-0.3, -0.25) is 15.0 Å². The van der Waals surface area contributed by atoms with Gasteiger partial charge in [-0.15, -0.1) is 0 Å². The molecule has 3 aromatic heterocycles. The number of rotatable bonds is 13. The minimum Gasteiger partial charge on any atom is -0.464 e. The Balaban J connectivity index is 1.61. The van der Waals surface area contributed by atoms with Crippen LogP contribution in [0.15, 0.2) is 24.3 Å². The number of anilines is 1. The molecule has 3 aromatic rings. The fourth-order valence-corrected chi connectivity index (χ4v) is 5.14. The van der Waals surface area contributed by atoms with Crippen molar-refractivity contribution in [3.8, 4) is 0 Å². The molecule has 14 heteroatoms. The van der Waals surface area contributed by atoms with Crippen molar-refractivity contribution in [3.63, 3.8) is 0 Å². The fourth-order valence-electron chi connectivity index (χ4n) is 5.14. The van der Waals surface area contributed by atoms with Crippen LogP contribution in [0.2, 0.25) is 0 Å². The van der Waals surface area contributed by atoms with Crippen molar-refractivity contribution in [2.75, 3.05) is 26.1 Å². The molecule has 0 saturated heterocycles. The maximum atomic E-state index is 13.8. The van der Waals surface area contributed by atoms with Crippen molar-refractivity contribution in [2.45, 2.75) is 64.4 Å². The highest BCUT2D eigenvalue weighted by molar-refractivity contribution is 6.10. The van der Waals surface area contributed by atoms with Crippen LogP contribution in [0.1, 0.15) is 50.0 Å². The lowest BCUT2D eigenvalue weighted by Crippen LogP contribution is -2.43. The number of aromatic nitrogens is 4. The Kier molecular flexibility index (Phi) is 7.87. The van der Waals surface area contributed by atoms with Crippen molar-refractivity contribution in [3.05, 3.63) is 30.0 Å². The Morgan fingerprint density at radius 2 is 1.83 bits per heavy atom. The first-order valence-corrected chi connectivity index (χ1v) is 13.7. The summed E-state index contributed by atoms with van der Waals surface area (Å²) in [5, 5.41) is 14.3. The number of carboxylic acid groups (broad SMARTS) is 1. The fraction of sp³-hybridized carbons (Fsp3) is 0.519. The van der Waals surface area contributed by atoms with Crippen molar-refractivity contribution in [1.82, 2.24) is 34.4 Å². The third-order valence-corrected chi connectivity index (χ3v) is 7.36. The quantitative estimate of drug-likeness (QED) is 0.159. The second-order valence-corrected chi connectivity index (χ2v) is 10.2. The van der Waals surface area contributed by atoms with E-state index in [-0.39, 0.29) is 24.1 Å². The van der Waals surface area contributed by atoms with E-state index in [1.807, 2.05) is 34.1 Å². The van der Waals surface area contributed by atoms with E-state index in [9.17, 15) is 19.5 Å². The second-order valence-electron chi connectivity index (χ2n) is 10.2. The molecular formula is C27H36N8O6. The Bertz CT molecular complexity index is 1500. The van der Waals surface area contributed by atoms with Crippen LogP contribution in [-0.2, 0) is 27.9 Å². The number of ketones is 1. The molecule has 14 nitrogen and oxygen atoms in total. The average molecular weight is 569 g/mol. The molecule has 3 heterocycles. The van der Waals surface area contributed by atoms with Gasteiger partial charge in [0.25, 0.3) is 5.91 Å². The summed E-state index contributed by atoms with van der Waals surface area (Å²) in [6.45, 7) is 4.21. The maximum absolute atomic E-state index is 13.8. The minimum atomic E-state index is -1.24. The number of methoxy groups -OCH3 is 2. The number of hydrazine groups is 1. The first-order chi connectivity index (χ1) is 19.7. The Labute approximate surface area is 236 Å². The molecule has 0 aromatic carbocycles. The lowest BCUT2D eigenvalue weighted by molar-refractivity contribution is -0.151. The largest absolute Gasteiger partial charge is 0.464 e. The van der Waals surface area contributed by atoms with E-state index in [0.29, 0.717) is 35.5 Å². The summed E-state index contributed by atoms with van der Waals surface area (Å²) in [5.74, 6) is -0.246. The van der Waals surface area contributed by atoms with E-state index in [2.05, 4.69) is 15.7 Å². The number of aryl methyl sites for hydroxylation is 2. The number of amides is 2. The van der Waals surface area contributed by atoms with Gasteiger partial charge in [-0.1, -0.05) is 0 Å². The summed E-state index contributed by atoms with van der Waals surface area (Å²) in [6, 6.07) is 2.49. The monoisotopic (exact) mass is 568 g/mol. The zero-order chi connectivity index (χ0) is 29.4. The number of hydrogen-bond acceptors (Lipinski definition) is 9. The number of ether oxygens (including phenoxy) is 2. The van der Waals surface area contributed by atoms with E-state index in [0.717, 1.165) is 47.7 Å². The standard InChI is InChI=1S/C27H36N8O6/c1-6-33-18(25(37)35(15-8-9-15)16-10-11-16)12-17-22-21(28-14-32(22)3)23(30-24(17)33)29-20(31-34(7-2)27(38)39)13-19(36)26(40-4)41-5/h12-16,26,31H,6-11H2,1-5H3,(H,29,30)(H,38,39). The summed E-state index contributed by atoms with van der Waals surface area (Å²) in [5.41, 5.74) is 5.10. The van der Waals surface area contributed by atoms with Crippen LogP contribution < -0.4 is 10.7 Å². The van der Waals surface area contributed by atoms with Gasteiger partial charge in [0.15, 0.2) is 5.82 Å². The molecule has 0 unspecified atom stereocenters. The second kappa shape index (κ2) is 11.4. The number of carbonyl (C=O) groups is 3. The molecule has 3 N–H and O–H groups in total. The van der Waals surface area contributed by atoms with E-state index < -0.39 is 18.2 Å². The van der Waals surface area contributed by atoms with Crippen LogP contribution in [0.25, 0.3) is 22.1 Å². The van der Waals surface area contributed by atoms with Gasteiger partial charge in [0.05, 0.1) is 11.8 Å². The molecule has 41 heavy (non-hydrogen) atoms. The van der Waals surface area contributed by atoms with Gasteiger partial charge in [-0.2, -0.15) is 0 Å². The summed E-state index contributed by atoms with van der Waals surface area (Å²) in [6.07, 6.45) is 4.50. The molecule has 0 spiro atoms. The van der Waals surface area contributed by atoms with Crippen molar-refractivity contribution in [1.29, 1.82) is 0 Å². The van der Waals surface area contributed by atoms with Crippen molar-refractivity contribution in [2.24, 2.45) is 7.05 Å². The third-order valence-electron chi connectivity index (χ3n) is 7.36. The highest BCUT2D eigenvalue weighted by Gasteiger charge is 2.43.